The number of carboxylic acid groups (broad SMARTS) is 1. The monoisotopic (exact) mass is 256 g/mol. The zero-order valence-electron chi connectivity index (χ0n) is 9.48. The van der Waals surface area contributed by atoms with E-state index in [1.54, 1.807) is 0 Å². The molecule has 6 nitrogen and oxygen atoms in total. The summed E-state index contributed by atoms with van der Waals surface area (Å²) >= 11 is 0. The first-order valence-corrected chi connectivity index (χ1v) is 5.15. The SMILES string of the molecule is NCCOCC(=O)Nc1c(F)cccc1C(=O)O. The lowest BCUT2D eigenvalue weighted by Crippen LogP contribution is -2.22. The van der Waals surface area contributed by atoms with Gasteiger partial charge < -0.3 is 20.9 Å². The molecular formula is C11H13FN2O4. The number of ether oxygens (including phenoxy) is 1. The van der Waals surface area contributed by atoms with Crippen LogP contribution >= 0.6 is 0 Å². The van der Waals surface area contributed by atoms with E-state index in [1.807, 2.05) is 0 Å². The molecule has 0 unspecified atom stereocenters. The summed E-state index contributed by atoms with van der Waals surface area (Å²) in [5, 5.41) is 11.0. The fraction of sp³-hybridized carbons (Fsp3) is 0.273. The third-order valence-electron chi connectivity index (χ3n) is 2.00. The molecule has 0 saturated heterocycles. The fourth-order valence-electron chi connectivity index (χ4n) is 1.25. The predicted molar refractivity (Wildman–Crippen MR) is 61.9 cm³/mol. The molecule has 98 valence electrons. The molecule has 0 heterocycles. The number of hydrogen-bond donors (Lipinski definition) is 3. The number of aromatic carboxylic acids is 1. The van der Waals surface area contributed by atoms with Crippen molar-refractivity contribution in [3.8, 4) is 0 Å². The normalized spacial score (nSPS) is 10.1. The van der Waals surface area contributed by atoms with Crippen LogP contribution < -0.4 is 11.1 Å². The largest absolute Gasteiger partial charge is 0.478 e. The maximum absolute atomic E-state index is 13.4. The second-order valence-corrected chi connectivity index (χ2v) is 3.36. The first-order chi connectivity index (χ1) is 8.56. The Morgan fingerprint density at radius 3 is 2.78 bits per heavy atom. The Balaban J connectivity index is 2.77. The number of nitrogens with one attached hydrogen (secondary N) is 1. The number of para-hydroxylation sites is 1. The standard InChI is InChI=1S/C11H13FN2O4/c12-8-3-1-2-7(11(16)17)10(8)14-9(15)6-18-5-4-13/h1-3H,4-6,13H2,(H,14,15)(H,16,17). The molecular weight excluding hydrogens is 243 g/mol. The van der Waals surface area contributed by atoms with Crippen LogP contribution in [0.1, 0.15) is 10.4 Å². The highest BCUT2D eigenvalue weighted by atomic mass is 19.1. The van der Waals surface area contributed by atoms with Gasteiger partial charge in [-0.2, -0.15) is 0 Å². The summed E-state index contributed by atoms with van der Waals surface area (Å²) in [7, 11) is 0. The summed E-state index contributed by atoms with van der Waals surface area (Å²) in [5.74, 6) is -2.79. The molecule has 0 aliphatic carbocycles. The molecule has 7 heteroatoms. The summed E-state index contributed by atoms with van der Waals surface area (Å²) in [6, 6.07) is 3.50. The summed E-state index contributed by atoms with van der Waals surface area (Å²) in [6.45, 7) is 0.133. The maximum atomic E-state index is 13.4. The van der Waals surface area contributed by atoms with Gasteiger partial charge in [-0.1, -0.05) is 6.07 Å². The number of halogens is 1. The van der Waals surface area contributed by atoms with Crippen molar-refractivity contribution >= 4 is 17.6 Å². The van der Waals surface area contributed by atoms with Crippen molar-refractivity contribution in [1.29, 1.82) is 0 Å². The summed E-state index contributed by atoms with van der Waals surface area (Å²) in [6.07, 6.45) is 0. The summed E-state index contributed by atoms with van der Waals surface area (Å²) < 4.78 is 18.3. The van der Waals surface area contributed by atoms with E-state index in [0.717, 1.165) is 6.07 Å². The van der Waals surface area contributed by atoms with E-state index in [2.05, 4.69) is 5.32 Å². The Hall–Kier alpha value is -1.99. The second kappa shape index (κ2) is 6.67. The van der Waals surface area contributed by atoms with E-state index in [9.17, 15) is 14.0 Å². The van der Waals surface area contributed by atoms with Crippen LogP contribution in [0.2, 0.25) is 0 Å². The van der Waals surface area contributed by atoms with Crippen molar-refractivity contribution < 1.29 is 23.8 Å². The number of anilines is 1. The van der Waals surface area contributed by atoms with Crippen LogP contribution in [-0.4, -0.2) is 36.7 Å². The van der Waals surface area contributed by atoms with Gasteiger partial charge in [0.15, 0.2) is 0 Å². The molecule has 1 amide bonds. The van der Waals surface area contributed by atoms with Crippen molar-refractivity contribution in [2.75, 3.05) is 25.1 Å². The molecule has 1 aromatic rings. The first-order valence-electron chi connectivity index (χ1n) is 5.15. The second-order valence-electron chi connectivity index (χ2n) is 3.36. The van der Waals surface area contributed by atoms with Gasteiger partial charge in [-0.3, -0.25) is 4.79 Å². The molecule has 1 rings (SSSR count). The lowest BCUT2D eigenvalue weighted by atomic mass is 10.1. The number of carbonyl (C=O) groups excluding carboxylic acids is 1. The van der Waals surface area contributed by atoms with E-state index in [4.69, 9.17) is 15.6 Å². The van der Waals surface area contributed by atoms with Gasteiger partial charge in [-0.25, -0.2) is 9.18 Å². The summed E-state index contributed by atoms with van der Waals surface area (Å²) in [5.41, 5.74) is 4.47. The number of carboxylic acids is 1. The molecule has 0 radical (unpaired) electrons. The number of benzene rings is 1. The number of hydrogen-bond acceptors (Lipinski definition) is 4. The van der Waals surface area contributed by atoms with Crippen LogP contribution in [-0.2, 0) is 9.53 Å². The van der Waals surface area contributed by atoms with E-state index < -0.39 is 17.7 Å². The Morgan fingerprint density at radius 2 is 2.17 bits per heavy atom. The van der Waals surface area contributed by atoms with E-state index in [0.29, 0.717) is 0 Å². The smallest absolute Gasteiger partial charge is 0.337 e. The third kappa shape index (κ3) is 3.79. The van der Waals surface area contributed by atoms with Crippen LogP contribution in [0.25, 0.3) is 0 Å². The van der Waals surface area contributed by atoms with Crippen LogP contribution in [0.3, 0.4) is 0 Å². The van der Waals surface area contributed by atoms with Gasteiger partial charge in [0, 0.05) is 6.54 Å². The van der Waals surface area contributed by atoms with Gasteiger partial charge in [0.05, 0.1) is 17.9 Å². The topological polar surface area (TPSA) is 102 Å². The molecule has 0 fully saturated rings. The highest BCUT2D eigenvalue weighted by Gasteiger charge is 2.16. The quantitative estimate of drug-likeness (QED) is 0.641. The lowest BCUT2D eigenvalue weighted by molar-refractivity contribution is -0.120. The van der Waals surface area contributed by atoms with Crippen molar-refractivity contribution in [2.45, 2.75) is 0 Å². The minimum absolute atomic E-state index is 0.191. The average Bonchev–Trinajstić information content (AvgIpc) is 2.31. The zero-order chi connectivity index (χ0) is 13.5. The van der Waals surface area contributed by atoms with Crippen molar-refractivity contribution in [3.05, 3.63) is 29.6 Å². The molecule has 1 aromatic carbocycles. The Bertz CT molecular complexity index is 451. The molecule has 0 bridgehead atoms. The first kappa shape index (κ1) is 14.1. The van der Waals surface area contributed by atoms with Crippen LogP contribution in [0.4, 0.5) is 10.1 Å². The van der Waals surface area contributed by atoms with E-state index in [-0.39, 0.29) is 31.0 Å². The van der Waals surface area contributed by atoms with Crippen molar-refractivity contribution in [3.63, 3.8) is 0 Å². The Labute approximate surface area is 103 Å². The Morgan fingerprint density at radius 1 is 1.44 bits per heavy atom. The van der Waals surface area contributed by atoms with E-state index >= 15 is 0 Å². The van der Waals surface area contributed by atoms with Crippen LogP contribution in [0, 0.1) is 5.82 Å². The molecule has 18 heavy (non-hydrogen) atoms. The summed E-state index contributed by atoms with van der Waals surface area (Å²) in [4.78, 5) is 22.2. The molecule has 0 saturated carbocycles. The lowest BCUT2D eigenvalue weighted by Gasteiger charge is -2.09. The van der Waals surface area contributed by atoms with Gasteiger partial charge in [-0.15, -0.1) is 0 Å². The minimum Gasteiger partial charge on any atom is -0.478 e. The molecule has 0 aliphatic heterocycles. The molecule has 0 spiro atoms. The molecule has 4 N–H and O–H groups in total. The molecule has 0 atom stereocenters. The van der Waals surface area contributed by atoms with Crippen molar-refractivity contribution in [2.24, 2.45) is 5.73 Å². The molecule has 0 aromatic heterocycles. The number of amides is 1. The van der Waals surface area contributed by atoms with Crippen LogP contribution in [0.5, 0.6) is 0 Å². The fourth-order valence-corrected chi connectivity index (χ4v) is 1.25. The van der Waals surface area contributed by atoms with Gasteiger partial charge in [0.25, 0.3) is 0 Å². The predicted octanol–water partition coefficient (Wildman–Crippen LogP) is 0.438. The van der Waals surface area contributed by atoms with E-state index in [1.165, 1.54) is 12.1 Å². The average molecular weight is 256 g/mol. The number of carbonyl (C=O) groups is 2. The highest BCUT2D eigenvalue weighted by Crippen LogP contribution is 2.19. The maximum Gasteiger partial charge on any atom is 0.337 e. The van der Waals surface area contributed by atoms with Gasteiger partial charge in [-0.05, 0) is 12.1 Å². The van der Waals surface area contributed by atoms with Gasteiger partial charge >= 0.3 is 5.97 Å². The van der Waals surface area contributed by atoms with Gasteiger partial charge in [0.1, 0.15) is 12.4 Å². The van der Waals surface area contributed by atoms with Gasteiger partial charge in [0.2, 0.25) is 5.91 Å². The highest BCUT2D eigenvalue weighted by molar-refractivity contribution is 6.01. The van der Waals surface area contributed by atoms with Crippen LogP contribution in [0.15, 0.2) is 18.2 Å². The number of nitrogens with two attached hydrogens (primary N) is 1. The zero-order valence-corrected chi connectivity index (χ0v) is 9.48. The third-order valence-corrected chi connectivity index (χ3v) is 2.00. The minimum atomic E-state index is -1.33. The molecule has 0 aliphatic rings. The Kier molecular flexibility index (Phi) is 5.22. The number of rotatable bonds is 6. The van der Waals surface area contributed by atoms with Crippen molar-refractivity contribution in [1.82, 2.24) is 0 Å².